The summed E-state index contributed by atoms with van der Waals surface area (Å²) in [5.74, 6) is 0.552. The highest BCUT2D eigenvalue weighted by atomic mass is 32.1. The van der Waals surface area contributed by atoms with Crippen molar-refractivity contribution >= 4 is 28.3 Å². The molecule has 0 amide bonds. The first-order chi connectivity index (χ1) is 14.5. The van der Waals surface area contributed by atoms with Crippen LogP contribution in [0.2, 0.25) is 0 Å². The maximum absolute atomic E-state index is 11.8. The van der Waals surface area contributed by atoms with Crippen LogP contribution in [-0.4, -0.2) is 76.7 Å². The number of aromatic carboxylic acids is 1. The van der Waals surface area contributed by atoms with Crippen LogP contribution in [0.1, 0.15) is 42.8 Å². The second kappa shape index (κ2) is 9.26. The number of piperazine rings is 1. The Bertz CT molecular complexity index is 855. The van der Waals surface area contributed by atoms with Gasteiger partial charge in [-0.3, -0.25) is 4.90 Å². The lowest BCUT2D eigenvalue weighted by Gasteiger charge is -2.36. The first-order valence-corrected chi connectivity index (χ1v) is 11.6. The summed E-state index contributed by atoms with van der Waals surface area (Å²) >= 11 is 1.24. The topological polar surface area (TPSA) is 85.7 Å². The van der Waals surface area contributed by atoms with E-state index in [0.29, 0.717) is 17.3 Å². The second-order valence-electron chi connectivity index (χ2n) is 8.47. The number of rotatable bonds is 6. The summed E-state index contributed by atoms with van der Waals surface area (Å²) in [6, 6.07) is 0. The standard InChI is InChI=1S/C21H30N6O2S/c1-15(2)14-25-8-10-26(11-9-25)17-13-22-16(12-23-17)18-19(20(28)29)30-21(24-18)27-6-4-3-5-7-27/h12-13,15H,3-11,14H2,1-2H3,(H,28,29). The highest BCUT2D eigenvalue weighted by molar-refractivity contribution is 7.17. The zero-order valence-corrected chi connectivity index (χ0v) is 18.6. The summed E-state index contributed by atoms with van der Waals surface area (Å²) in [4.78, 5) is 32.7. The maximum Gasteiger partial charge on any atom is 0.348 e. The minimum absolute atomic E-state index is 0.236. The molecule has 0 radical (unpaired) electrons. The third kappa shape index (κ3) is 4.73. The van der Waals surface area contributed by atoms with Crippen molar-refractivity contribution in [3.8, 4) is 11.4 Å². The molecule has 2 saturated heterocycles. The lowest BCUT2D eigenvalue weighted by atomic mass is 10.1. The first kappa shape index (κ1) is 21.0. The predicted octanol–water partition coefficient (Wildman–Crippen LogP) is 3.07. The summed E-state index contributed by atoms with van der Waals surface area (Å²) in [5.41, 5.74) is 0.947. The van der Waals surface area contributed by atoms with Crippen LogP contribution in [-0.2, 0) is 0 Å². The van der Waals surface area contributed by atoms with Gasteiger partial charge in [0.25, 0.3) is 0 Å². The van der Waals surface area contributed by atoms with Gasteiger partial charge in [0.15, 0.2) is 5.13 Å². The fourth-order valence-corrected chi connectivity index (χ4v) is 5.10. The Hall–Kier alpha value is -2.26. The molecular formula is C21H30N6O2S. The van der Waals surface area contributed by atoms with Crippen molar-refractivity contribution < 1.29 is 9.90 Å². The molecule has 0 unspecified atom stereocenters. The zero-order chi connectivity index (χ0) is 21.1. The highest BCUT2D eigenvalue weighted by Gasteiger charge is 2.24. The van der Waals surface area contributed by atoms with E-state index in [1.165, 1.54) is 17.8 Å². The van der Waals surface area contributed by atoms with E-state index < -0.39 is 5.97 Å². The van der Waals surface area contributed by atoms with E-state index in [1.54, 1.807) is 12.4 Å². The van der Waals surface area contributed by atoms with Crippen LogP contribution in [0.3, 0.4) is 0 Å². The van der Waals surface area contributed by atoms with Crippen LogP contribution in [0, 0.1) is 5.92 Å². The van der Waals surface area contributed by atoms with E-state index in [-0.39, 0.29) is 4.88 Å². The Balaban J connectivity index is 1.48. The number of carbonyl (C=O) groups is 1. The Labute approximate surface area is 181 Å². The smallest absolute Gasteiger partial charge is 0.348 e. The number of nitrogens with zero attached hydrogens (tertiary/aromatic N) is 6. The quantitative estimate of drug-likeness (QED) is 0.748. The summed E-state index contributed by atoms with van der Waals surface area (Å²) in [7, 11) is 0. The minimum atomic E-state index is -0.960. The number of aromatic nitrogens is 3. The molecule has 8 nitrogen and oxygen atoms in total. The summed E-state index contributed by atoms with van der Waals surface area (Å²) in [5, 5.41) is 10.4. The average Bonchev–Trinajstić information content (AvgIpc) is 3.21. The maximum atomic E-state index is 11.8. The van der Waals surface area contributed by atoms with Crippen molar-refractivity contribution in [2.75, 3.05) is 55.6 Å². The molecule has 0 bridgehead atoms. The van der Waals surface area contributed by atoms with Crippen molar-refractivity contribution in [2.45, 2.75) is 33.1 Å². The zero-order valence-electron chi connectivity index (χ0n) is 17.8. The van der Waals surface area contributed by atoms with Gasteiger partial charge in [0.1, 0.15) is 22.1 Å². The molecule has 0 atom stereocenters. The van der Waals surface area contributed by atoms with Gasteiger partial charge in [0.05, 0.1) is 12.4 Å². The number of hydrogen-bond acceptors (Lipinski definition) is 8. The lowest BCUT2D eigenvalue weighted by Crippen LogP contribution is -2.47. The number of hydrogen-bond donors (Lipinski definition) is 1. The Morgan fingerprint density at radius 2 is 1.77 bits per heavy atom. The molecule has 2 fully saturated rings. The molecule has 1 N–H and O–H groups in total. The van der Waals surface area contributed by atoms with Crippen LogP contribution in [0.15, 0.2) is 12.4 Å². The van der Waals surface area contributed by atoms with E-state index >= 15 is 0 Å². The number of carboxylic acids is 1. The van der Waals surface area contributed by atoms with Gasteiger partial charge in [0.2, 0.25) is 0 Å². The van der Waals surface area contributed by atoms with Gasteiger partial charge in [-0.15, -0.1) is 0 Å². The first-order valence-electron chi connectivity index (χ1n) is 10.8. The van der Waals surface area contributed by atoms with Gasteiger partial charge >= 0.3 is 5.97 Å². The Morgan fingerprint density at radius 1 is 1.03 bits per heavy atom. The molecule has 2 aromatic rings. The van der Waals surface area contributed by atoms with Gasteiger partial charge in [-0.2, -0.15) is 0 Å². The SMILES string of the molecule is CC(C)CN1CCN(c2cnc(-c3nc(N4CCCCC4)sc3C(=O)O)cn2)CC1. The summed E-state index contributed by atoms with van der Waals surface area (Å²) in [6.45, 7) is 11.4. The fourth-order valence-electron chi connectivity index (χ4n) is 4.13. The fraction of sp³-hybridized carbons (Fsp3) is 0.619. The number of thiazole rings is 1. The van der Waals surface area contributed by atoms with Crippen molar-refractivity contribution in [2.24, 2.45) is 5.92 Å². The molecule has 2 aliphatic heterocycles. The molecule has 2 aliphatic rings. The molecule has 2 aromatic heterocycles. The lowest BCUT2D eigenvalue weighted by molar-refractivity contribution is 0.0702. The monoisotopic (exact) mass is 430 g/mol. The van der Waals surface area contributed by atoms with E-state index in [9.17, 15) is 9.90 Å². The normalized spacial score (nSPS) is 18.2. The minimum Gasteiger partial charge on any atom is -0.477 e. The van der Waals surface area contributed by atoms with E-state index in [2.05, 4.69) is 43.5 Å². The molecule has 4 rings (SSSR count). The highest BCUT2D eigenvalue weighted by Crippen LogP contribution is 2.33. The Kier molecular flexibility index (Phi) is 6.48. The van der Waals surface area contributed by atoms with Gasteiger partial charge in [-0.25, -0.2) is 19.7 Å². The van der Waals surface area contributed by atoms with Crippen LogP contribution >= 0.6 is 11.3 Å². The predicted molar refractivity (Wildman–Crippen MR) is 120 cm³/mol. The van der Waals surface area contributed by atoms with E-state index in [1.807, 2.05) is 0 Å². The van der Waals surface area contributed by atoms with E-state index in [0.717, 1.165) is 69.6 Å². The van der Waals surface area contributed by atoms with Crippen LogP contribution in [0.25, 0.3) is 11.4 Å². The molecule has 0 aromatic carbocycles. The molecule has 0 saturated carbocycles. The van der Waals surface area contributed by atoms with Gasteiger partial charge in [-0.05, 0) is 25.2 Å². The second-order valence-corrected chi connectivity index (χ2v) is 9.45. The molecule has 30 heavy (non-hydrogen) atoms. The largest absolute Gasteiger partial charge is 0.477 e. The molecular weight excluding hydrogens is 400 g/mol. The number of piperidine rings is 1. The molecule has 0 spiro atoms. The third-order valence-corrected chi connectivity index (χ3v) is 6.74. The average molecular weight is 431 g/mol. The van der Waals surface area contributed by atoms with Gasteiger partial charge in [-0.1, -0.05) is 25.2 Å². The molecule has 4 heterocycles. The Morgan fingerprint density at radius 3 is 2.37 bits per heavy atom. The molecule has 162 valence electrons. The number of anilines is 2. The number of carboxylic acid groups (broad SMARTS) is 1. The van der Waals surface area contributed by atoms with Crippen molar-refractivity contribution in [3.63, 3.8) is 0 Å². The molecule has 0 aliphatic carbocycles. The summed E-state index contributed by atoms with van der Waals surface area (Å²) in [6.07, 6.45) is 6.88. The third-order valence-electron chi connectivity index (χ3n) is 5.64. The van der Waals surface area contributed by atoms with E-state index in [4.69, 9.17) is 0 Å². The van der Waals surface area contributed by atoms with Gasteiger partial charge in [0, 0.05) is 45.8 Å². The van der Waals surface area contributed by atoms with Crippen molar-refractivity contribution in [1.29, 1.82) is 0 Å². The van der Waals surface area contributed by atoms with Crippen LogP contribution in [0.5, 0.6) is 0 Å². The molecule has 9 heteroatoms. The van der Waals surface area contributed by atoms with Crippen molar-refractivity contribution in [1.82, 2.24) is 19.9 Å². The van der Waals surface area contributed by atoms with Crippen LogP contribution in [0.4, 0.5) is 10.9 Å². The van der Waals surface area contributed by atoms with Crippen LogP contribution < -0.4 is 9.80 Å². The van der Waals surface area contributed by atoms with Gasteiger partial charge < -0.3 is 14.9 Å². The summed E-state index contributed by atoms with van der Waals surface area (Å²) < 4.78 is 0. The van der Waals surface area contributed by atoms with Crippen molar-refractivity contribution in [3.05, 3.63) is 17.3 Å².